The highest BCUT2D eigenvalue weighted by Crippen LogP contribution is 2.41. The molecule has 1 fully saturated rings. The van der Waals surface area contributed by atoms with Crippen LogP contribution in [0.5, 0.6) is 5.88 Å². The first-order valence-electron chi connectivity index (χ1n) is 14.9. The van der Waals surface area contributed by atoms with Crippen LogP contribution in [0, 0.1) is 0 Å². The van der Waals surface area contributed by atoms with E-state index in [0.29, 0.717) is 38.7 Å². The second-order valence-corrected chi connectivity index (χ2v) is 13.1. The number of likely N-dealkylation sites (N-methyl/N-ethyl adjacent to an activating group) is 1. The van der Waals surface area contributed by atoms with E-state index in [1.807, 2.05) is 48.0 Å². The number of carbonyl (C=O) groups excluding carboxylic acids is 1. The lowest BCUT2D eigenvalue weighted by molar-refractivity contribution is 0.101. The Kier molecular flexibility index (Phi) is 9.70. The standard InChI is InChI=1S/C33H37Cl2N7O2S/c1-39-14-13-28-27(20-39)36-31(40(28)2)32(43)37-26-10-6-8-23(30(26)35)22-7-5-9-24(29(22)34)25-12-11-21(33(38-25)44-3)19-41-15-17-42(45-4)18-16-41/h5-12H,13-20H2,1-4H3,(H,37,43). The molecular formula is C33H37Cl2N7O2S. The number of halogens is 2. The number of benzene rings is 2. The third-order valence-electron chi connectivity index (χ3n) is 8.58. The van der Waals surface area contributed by atoms with Crippen molar-refractivity contribution in [3.63, 3.8) is 0 Å². The van der Waals surface area contributed by atoms with Crippen LogP contribution in [0.2, 0.25) is 10.0 Å². The lowest BCUT2D eigenvalue weighted by Crippen LogP contribution is -2.42. The third-order valence-corrected chi connectivity index (χ3v) is 10.3. The number of fused-ring (bicyclic) bond motifs is 1. The fourth-order valence-electron chi connectivity index (χ4n) is 6.04. The molecule has 6 rings (SSSR count). The van der Waals surface area contributed by atoms with E-state index < -0.39 is 0 Å². The number of piperazine rings is 1. The summed E-state index contributed by atoms with van der Waals surface area (Å²) in [6.07, 6.45) is 2.98. The average molecular weight is 667 g/mol. The van der Waals surface area contributed by atoms with Crippen LogP contribution in [0.4, 0.5) is 5.69 Å². The van der Waals surface area contributed by atoms with Crippen LogP contribution in [0.3, 0.4) is 0 Å². The summed E-state index contributed by atoms with van der Waals surface area (Å²) in [6, 6.07) is 15.4. The van der Waals surface area contributed by atoms with E-state index in [2.05, 4.69) is 43.8 Å². The summed E-state index contributed by atoms with van der Waals surface area (Å²) in [7, 11) is 5.59. The number of ether oxygens (including phenoxy) is 1. The minimum absolute atomic E-state index is 0.309. The molecule has 1 N–H and O–H groups in total. The highest BCUT2D eigenvalue weighted by atomic mass is 35.5. The minimum Gasteiger partial charge on any atom is -0.481 e. The topological polar surface area (TPSA) is 78.8 Å². The Hall–Kier alpha value is -3.12. The SMILES string of the molecule is COc1nc(-c2cccc(-c3cccc(NC(=O)c4nc5c(n4C)CCN(C)C5)c3Cl)c2Cl)ccc1CN1CCN(SC)CC1. The number of anilines is 1. The Morgan fingerprint density at radius 1 is 0.933 bits per heavy atom. The van der Waals surface area contributed by atoms with Gasteiger partial charge in [0.05, 0.1) is 34.2 Å². The molecule has 9 nitrogen and oxygen atoms in total. The molecule has 1 saturated heterocycles. The van der Waals surface area contributed by atoms with Gasteiger partial charge in [0, 0.05) is 87.2 Å². The predicted octanol–water partition coefficient (Wildman–Crippen LogP) is 6.10. The zero-order chi connectivity index (χ0) is 31.7. The molecule has 0 aliphatic carbocycles. The van der Waals surface area contributed by atoms with E-state index in [4.69, 9.17) is 32.9 Å². The molecule has 0 bridgehead atoms. The summed E-state index contributed by atoms with van der Waals surface area (Å²) in [6.45, 7) is 6.51. The van der Waals surface area contributed by atoms with Crippen molar-refractivity contribution in [2.24, 2.45) is 7.05 Å². The molecule has 2 aliphatic heterocycles. The monoisotopic (exact) mass is 665 g/mol. The highest BCUT2D eigenvalue weighted by molar-refractivity contribution is 7.96. The number of amides is 1. The van der Waals surface area contributed by atoms with Crippen LogP contribution in [-0.4, -0.2) is 87.7 Å². The molecule has 4 aromatic rings. The molecule has 0 unspecified atom stereocenters. The molecule has 12 heteroatoms. The van der Waals surface area contributed by atoms with E-state index in [9.17, 15) is 4.79 Å². The van der Waals surface area contributed by atoms with E-state index in [-0.39, 0.29) is 5.91 Å². The summed E-state index contributed by atoms with van der Waals surface area (Å²) in [5.41, 5.74) is 6.47. The highest BCUT2D eigenvalue weighted by Gasteiger charge is 2.25. The van der Waals surface area contributed by atoms with Gasteiger partial charge in [-0.05, 0) is 25.4 Å². The summed E-state index contributed by atoms with van der Waals surface area (Å²) in [5.74, 6) is 0.644. The smallest absolute Gasteiger partial charge is 0.291 e. The average Bonchev–Trinajstić information content (AvgIpc) is 3.38. The Morgan fingerprint density at radius 2 is 1.64 bits per heavy atom. The van der Waals surface area contributed by atoms with Crippen molar-refractivity contribution in [3.8, 4) is 28.3 Å². The second-order valence-electron chi connectivity index (χ2n) is 11.4. The first kappa shape index (κ1) is 31.8. The van der Waals surface area contributed by atoms with E-state index in [0.717, 1.165) is 80.3 Å². The van der Waals surface area contributed by atoms with Crippen molar-refractivity contribution in [3.05, 3.63) is 81.4 Å². The number of hydrogen-bond acceptors (Lipinski definition) is 8. The molecule has 2 aromatic heterocycles. The molecule has 0 spiro atoms. The molecule has 1 amide bonds. The van der Waals surface area contributed by atoms with Gasteiger partial charge in [0.15, 0.2) is 5.82 Å². The molecule has 2 aliphatic rings. The van der Waals surface area contributed by atoms with Gasteiger partial charge in [-0.1, -0.05) is 71.5 Å². The number of imidazole rings is 1. The van der Waals surface area contributed by atoms with Crippen LogP contribution < -0.4 is 10.1 Å². The number of pyridine rings is 1. The van der Waals surface area contributed by atoms with Gasteiger partial charge in [-0.3, -0.25) is 9.69 Å². The number of nitrogens with one attached hydrogen (secondary N) is 1. The largest absolute Gasteiger partial charge is 0.481 e. The van der Waals surface area contributed by atoms with Crippen molar-refractivity contribution in [1.82, 2.24) is 28.6 Å². The van der Waals surface area contributed by atoms with Crippen molar-refractivity contribution in [2.45, 2.75) is 19.5 Å². The maximum Gasteiger partial charge on any atom is 0.291 e. The van der Waals surface area contributed by atoms with Crippen LogP contribution in [0.1, 0.15) is 27.6 Å². The number of aromatic nitrogens is 3. The van der Waals surface area contributed by atoms with Gasteiger partial charge in [-0.2, -0.15) is 0 Å². The maximum atomic E-state index is 13.4. The predicted molar refractivity (Wildman–Crippen MR) is 183 cm³/mol. The summed E-state index contributed by atoms with van der Waals surface area (Å²) < 4.78 is 9.99. The van der Waals surface area contributed by atoms with Crippen molar-refractivity contribution in [1.29, 1.82) is 0 Å². The van der Waals surface area contributed by atoms with Gasteiger partial charge in [-0.15, -0.1) is 0 Å². The van der Waals surface area contributed by atoms with Crippen LogP contribution >= 0.6 is 35.1 Å². The number of methoxy groups -OCH3 is 1. The molecular weight excluding hydrogens is 629 g/mol. The lowest BCUT2D eigenvalue weighted by Gasteiger charge is -2.33. The maximum absolute atomic E-state index is 13.4. The van der Waals surface area contributed by atoms with Crippen LogP contribution in [-0.2, 0) is 26.6 Å². The van der Waals surface area contributed by atoms with Gasteiger partial charge in [0.2, 0.25) is 5.88 Å². The fourth-order valence-corrected chi connectivity index (χ4v) is 7.17. The van der Waals surface area contributed by atoms with E-state index in [1.165, 1.54) is 0 Å². The molecule has 0 radical (unpaired) electrons. The molecule has 2 aromatic carbocycles. The zero-order valence-electron chi connectivity index (χ0n) is 25.9. The Balaban J connectivity index is 1.24. The summed E-state index contributed by atoms with van der Waals surface area (Å²) in [4.78, 5) is 27.5. The number of rotatable bonds is 8. The normalized spacial score (nSPS) is 16.0. The van der Waals surface area contributed by atoms with Gasteiger partial charge in [-0.25, -0.2) is 14.3 Å². The van der Waals surface area contributed by atoms with Gasteiger partial charge >= 0.3 is 0 Å². The van der Waals surface area contributed by atoms with E-state index in [1.54, 1.807) is 25.1 Å². The first-order valence-corrected chi connectivity index (χ1v) is 16.9. The first-order chi connectivity index (χ1) is 21.8. The molecule has 0 atom stereocenters. The van der Waals surface area contributed by atoms with Gasteiger partial charge < -0.3 is 19.5 Å². The zero-order valence-corrected chi connectivity index (χ0v) is 28.3. The molecule has 4 heterocycles. The molecule has 236 valence electrons. The summed E-state index contributed by atoms with van der Waals surface area (Å²) in [5, 5.41) is 3.88. The van der Waals surface area contributed by atoms with Gasteiger partial charge in [0.25, 0.3) is 5.91 Å². The van der Waals surface area contributed by atoms with Crippen molar-refractivity contribution >= 4 is 46.7 Å². The van der Waals surface area contributed by atoms with Crippen molar-refractivity contribution in [2.75, 3.05) is 58.5 Å². The number of nitrogens with zero attached hydrogens (tertiary/aromatic N) is 6. The van der Waals surface area contributed by atoms with Gasteiger partial charge in [0.1, 0.15) is 0 Å². The number of carbonyl (C=O) groups is 1. The molecule has 45 heavy (non-hydrogen) atoms. The fraction of sp³-hybridized carbons (Fsp3) is 0.364. The number of hydrogen-bond donors (Lipinski definition) is 1. The Labute approximate surface area is 278 Å². The quantitative estimate of drug-likeness (QED) is 0.226. The second kappa shape index (κ2) is 13.7. The Morgan fingerprint density at radius 3 is 2.38 bits per heavy atom. The minimum atomic E-state index is -0.309. The van der Waals surface area contributed by atoms with Crippen LogP contribution in [0.15, 0.2) is 48.5 Å². The van der Waals surface area contributed by atoms with Crippen LogP contribution in [0.25, 0.3) is 22.4 Å². The summed E-state index contributed by atoms with van der Waals surface area (Å²) >= 11 is 15.8. The molecule has 0 saturated carbocycles. The Bertz CT molecular complexity index is 1720. The van der Waals surface area contributed by atoms with Crippen molar-refractivity contribution < 1.29 is 9.53 Å². The lowest BCUT2D eigenvalue weighted by atomic mass is 10.00. The third kappa shape index (κ3) is 6.58. The van der Waals surface area contributed by atoms with E-state index >= 15 is 0 Å².